The number of hydrogen-bond donors (Lipinski definition) is 2. The second-order valence-electron chi connectivity index (χ2n) is 6.18. The molecule has 3 N–H and O–H groups in total. The number of nitrogens with two attached hydrogens (primary N) is 1. The molecule has 3 nitrogen and oxygen atoms in total. The zero-order valence-corrected chi connectivity index (χ0v) is 18.7. The Morgan fingerprint density at radius 1 is 1.17 bits per heavy atom. The number of carbonyl (C=O) groups is 1. The topological polar surface area (TPSA) is 55.1 Å². The maximum atomic E-state index is 13.6. The third-order valence-electron chi connectivity index (χ3n) is 3.80. The summed E-state index contributed by atoms with van der Waals surface area (Å²) < 4.78 is 41.2. The molecule has 0 aromatic heterocycles. The molecular formula is C19H15BrCl3F3N2O. The lowest BCUT2D eigenvalue weighted by Crippen LogP contribution is -2.38. The third kappa shape index (κ3) is 6.36. The molecule has 156 valence electrons. The van der Waals surface area contributed by atoms with Gasteiger partial charge in [-0.2, -0.15) is 13.2 Å². The minimum absolute atomic E-state index is 0.00780. The molecule has 0 fully saturated rings. The van der Waals surface area contributed by atoms with Crippen molar-refractivity contribution in [1.29, 1.82) is 0 Å². The largest absolute Gasteiger partial charge is 0.399 e. The number of rotatable bonds is 5. The quantitative estimate of drug-likeness (QED) is 0.330. The highest BCUT2D eigenvalue weighted by Crippen LogP contribution is 2.41. The molecule has 0 bridgehead atoms. The summed E-state index contributed by atoms with van der Waals surface area (Å²) in [5, 5.41) is 2.39. The summed E-state index contributed by atoms with van der Waals surface area (Å²) in [5.41, 5.74) is 6.15. The summed E-state index contributed by atoms with van der Waals surface area (Å²) in [7, 11) is 0. The van der Waals surface area contributed by atoms with Crippen molar-refractivity contribution in [2.24, 2.45) is 5.73 Å². The van der Waals surface area contributed by atoms with Crippen molar-refractivity contribution >= 4 is 62.7 Å². The Bertz CT molecular complexity index is 926. The molecule has 2 aromatic carbocycles. The zero-order valence-electron chi connectivity index (χ0n) is 14.8. The molecule has 1 amide bonds. The number of hydrogen-bond acceptors (Lipinski definition) is 2. The van der Waals surface area contributed by atoms with Crippen LogP contribution in [0.1, 0.15) is 34.3 Å². The SMILES string of the molecule is C[C@H](N)NC(=O)c1ccc(/C=C/C(c2cc(Cl)c(Cl)c(Cl)c2)C(F)(F)F)cc1Br. The highest BCUT2D eigenvalue weighted by Gasteiger charge is 2.39. The van der Waals surface area contributed by atoms with Gasteiger partial charge in [-0.3, -0.25) is 4.79 Å². The van der Waals surface area contributed by atoms with Crippen molar-refractivity contribution in [2.75, 3.05) is 0 Å². The van der Waals surface area contributed by atoms with Gasteiger partial charge in [-0.1, -0.05) is 53.0 Å². The van der Waals surface area contributed by atoms with Crippen LogP contribution >= 0.6 is 50.7 Å². The Morgan fingerprint density at radius 2 is 1.76 bits per heavy atom. The van der Waals surface area contributed by atoms with Gasteiger partial charge in [-0.05, 0) is 58.2 Å². The molecule has 2 aromatic rings. The van der Waals surface area contributed by atoms with Crippen LogP contribution in [-0.2, 0) is 0 Å². The molecule has 29 heavy (non-hydrogen) atoms. The molecule has 2 rings (SSSR count). The lowest BCUT2D eigenvalue weighted by molar-refractivity contribution is -0.139. The molecule has 0 aliphatic carbocycles. The minimum Gasteiger partial charge on any atom is -0.337 e. The minimum atomic E-state index is -4.58. The molecule has 1 unspecified atom stereocenters. The number of carbonyl (C=O) groups excluding carboxylic acids is 1. The molecule has 0 heterocycles. The number of nitrogens with one attached hydrogen (secondary N) is 1. The summed E-state index contributed by atoms with van der Waals surface area (Å²) in [6, 6.07) is 6.81. The van der Waals surface area contributed by atoms with Gasteiger partial charge in [0.05, 0.1) is 32.7 Å². The van der Waals surface area contributed by atoms with Gasteiger partial charge in [0.1, 0.15) is 0 Å². The van der Waals surface area contributed by atoms with Crippen LogP contribution in [0.15, 0.2) is 40.9 Å². The molecule has 0 radical (unpaired) electrons. The fraction of sp³-hybridized carbons (Fsp3) is 0.211. The normalized spacial score (nSPS) is 14.1. The van der Waals surface area contributed by atoms with Gasteiger partial charge >= 0.3 is 6.18 Å². The third-order valence-corrected chi connectivity index (χ3v) is 5.65. The van der Waals surface area contributed by atoms with E-state index in [1.807, 2.05) is 0 Å². The maximum Gasteiger partial charge on any atom is 0.399 e. The highest BCUT2D eigenvalue weighted by molar-refractivity contribution is 9.10. The van der Waals surface area contributed by atoms with E-state index in [1.165, 1.54) is 24.3 Å². The number of halogens is 7. The van der Waals surface area contributed by atoms with Gasteiger partial charge in [0.2, 0.25) is 0 Å². The highest BCUT2D eigenvalue weighted by atomic mass is 79.9. The first-order chi connectivity index (χ1) is 13.4. The summed E-state index contributed by atoms with van der Waals surface area (Å²) in [6.07, 6.45) is -2.84. The summed E-state index contributed by atoms with van der Waals surface area (Å²) in [6.45, 7) is 1.61. The van der Waals surface area contributed by atoms with Crippen molar-refractivity contribution in [1.82, 2.24) is 5.32 Å². The van der Waals surface area contributed by atoms with E-state index in [0.29, 0.717) is 15.6 Å². The van der Waals surface area contributed by atoms with Gasteiger partial charge < -0.3 is 11.1 Å². The van der Waals surface area contributed by atoms with Crippen LogP contribution in [0.25, 0.3) is 6.08 Å². The smallest absolute Gasteiger partial charge is 0.337 e. The van der Waals surface area contributed by atoms with Crippen molar-refractivity contribution < 1.29 is 18.0 Å². The van der Waals surface area contributed by atoms with Crippen LogP contribution in [0.5, 0.6) is 0 Å². The first kappa shape index (κ1) is 24.0. The van der Waals surface area contributed by atoms with Crippen molar-refractivity contribution in [3.8, 4) is 0 Å². The second-order valence-corrected chi connectivity index (χ2v) is 8.23. The van der Waals surface area contributed by atoms with Crippen LogP contribution in [0.3, 0.4) is 0 Å². The molecular weight excluding hydrogens is 515 g/mol. The van der Waals surface area contributed by atoms with Gasteiger partial charge in [0, 0.05) is 4.47 Å². The standard InChI is InChI=1S/C19H15BrCl3F3N2O/c1-9(27)28-18(29)12-4-2-10(6-14(12)20)3-5-13(19(24,25)26)11-7-15(21)17(23)16(22)8-11/h2-9,13H,27H2,1H3,(H,28,29)/b5-3+/t9-,13?/m1/s1. The molecule has 0 spiro atoms. The van der Waals surface area contributed by atoms with E-state index in [1.54, 1.807) is 6.92 Å². The van der Waals surface area contributed by atoms with Crippen LogP contribution in [0, 0.1) is 0 Å². The summed E-state index contributed by atoms with van der Waals surface area (Å²) in [5.74, 6) is -2.35. The summed E-state index contributed by atoms with van der Waals surface area (Å²) >= 11 is 20.8. The van der Waals surface area contributed by atoms with Crippen LogP contribution in [0.2, 0.25) is 15.1 Å². The fourth-order valence-electron chi connectivity index (χ4n) is 2.47. The van der Waals surface area contributed by atoms with E-state index in [-0.39, 0.29) is 20.6 Å². The zero-order chi connectivity index (χ0) is 21.9. The first-order valence-corrected chi connectivity index (χ1v) is 10.1. The number of alkyl halides is 3. The molecule has 0 saturated carbocycles. The van der Waals surface area contributed by atoms with Gasteiger partial charge in [-0.25, -0.2) is 0 Å². The van der Waals surface area contributed by atoms with E-state index in [9.17, 15) is 18.0 Å². The number of allylic oxidation sites excluding steroid dienone is 1. The van der Waals surface area contributed by atoms with Crippen molar-refractivity contribution in [2.45, 2.75) is 25.2 Å². The average molecular weight is 531 g/mol. The van der Waals surface area contributed by atoms with Gasteiger partial charge in [-0.15, -0.1) is 0 Å². The van der Waals surface area contributed by atoms with Gasteiger partial charge in [0.15, 0.2) is 0 Å². The second kappa shape index (κ2) is 9.71. The maximum absolute atomic E-state index is 13.6. The molecule has 0 aliphatic rings. The lowest BCUT2D eigenvalue weighted by Gasteiger charge is -2.18. The van der Waals surface area contributed by atoms with Crippen molar-refractivity contribution in [3.63, 3.8) is 0 Å². The number of benzene rings is 2. The van der Waals surface area contributed by atoms with Crippen LogP contribution in [0.4, 0.5) is 13.2 Å². The van der Waals surface area contributed by atoms with Crippen molar-refractivity contribution in [3.05, 3.63) is 72.6 Å². The van der Waals surface area contributed by atoms with Crippen LogP contribution in [-0.4, -0.2) is 18.2 Å². The van der Waals surface area contributed by atoms with E-state index in [4.69, 9.17) is 40.5 Å². The Kier molecular flexibility index (Phi) is 8.04. The van der Waals surface area contributed by atoms with E-state index >= 15 is 0 Å². The molecule has 2 atom stereocenters. The van der Waals surface area contributed by atoms with Crippen LogP contribution < -0.4 is 11.1 Å². The molecule has 10 heteroatoms. The molecule has 0 aliphatic heterocycles. The Labute approximate surface area is 189 Å². The first-order valence-electron chi connectivity index (χ1n) is 8.15. The Hall–Kier alpha value is -1.25. The molecule has 0 saturated heterocycles. The monoisotopic (exact) mass is 528 g/mol. The fourth-order valence-corrected chi connectivity index (χ4v) is 3.66. The number of amides is 1. The van der Waals surface area contributed by atoms with E-state index in [2.05, 4.69) is 21.2 Å². The lowest BCUT2D eigenvalue weighted by atomic mass is 9.97. The predicted molar refractivity (Wildman–Crippen MR) is 115 cm³/mol. The van der Waals surface area contributed by atoms with Gasteiger partial charge in [0.25, 0.3) is 5.91 Å². The summed E-state index contributed by atoms with van der Waals surface area (Å²) in [4.78, 5) is 12.0. The Balaban J connectivity index is 2.35. The predicted octanol–water partition coefficient (Wildman–Crippen LogP) is 6.80. The van der Waals surface area contributed by atoms with E-state index < -0.39 is 24.2 Å². The Morgan fingerprint density at radius 3 is 2.24 bits per heavy atom. The van der Waals surface area contributed by atoms with E-state index in [0.717, 1.165) is 18.2 Å². The average Bonchev–Trinajstić information content (AvgIpc) is 2.57.